The number of thioether (sulfide) groups is 1. The summed E-state index contributed by atoms with van der Waals surface area (Å²) in [6, 6.07) is 8.25. The van der Waals surface area contributed by atoms with Crippen molar-refractivity contribution in [3.63, 3.8) is 0 Å². The molecule has 0 bridgehead atoms. The van der Waals surface area contributed by atoms with Crippen LogP contribution in [0.3, 0.4) is 0 Å². The fourth-order valence-corrected chi connectivity index (χ4v) is 3.65. The van der Waals surface area contributed by atoms with Crippen LogP contribution < -0.4 is 0 Å². The fraction of sp³-hybridized carbons (Fsp3) is 0.500. The second-order valence-electron chi connectivity index (χ2n) is 5.30. The summed E-state index contributed by atoms with van der Waals surface area (Å²) < 4.78 is 0. The average molecular weight is 324 g/mol. The molecule has 1 aliphatic heterocycles. The smallest absolute Gasteiger partial charge is 0.117 e. The Morgan fingerprint density at radius 3 is 2.71 bits per heavy atom. The Balaban J connectivity index is 0.00000161. The monoisotopic (exact) mass is 323 g/mol. The van der Waals surface area contributed by atoms with Crippen LogP contribution in [0.1, 0.15) is 25.7 Å². The van der Waals surface area contributed by atoms with Crippen LogP contribution in [-0.2, 0) is 0 Å². The van der Waals surface area contributed by atoms with Gasteiger partial charge in [-0.2, -0.15) is 0 Å². The van der Waals surface area contributed by atoms with E-state index in [2.05, 4.69) is 33.1 Å². The van der Waals surface area contributed by atoms with Crippen LogP contribution in [0.15, 0.2) is 35.6 Å². The number of aromatic nitrogens is 2. The van der Waals surface area contributed by atoms with Gasteiger partial charge in [-0.15, -0.1) is 24.2 Å². The molecule has 1 fully saturated rings. The highest BCUT2D eigenvalue weighted by atomic mass is 35.5. The normalized spacial score (nSPS) is 15.8. The first-order valence-corrected chi connectivity index (χ1v) is 8.47. The molecular formula is C16H22ClN3S. The van der Waals surface area contributed by atoms with Crippen molar-refractivity contribution in [3.05, 3.63) is 30.6 Å². The summed E-state index contributed by atoms with van der Waals surface area (Å²) in [5.74, 6) is 1.14. The Morgan fingerprint density at radius 2 is 1.86 bits per heavy atom. The van der Waals surface area contributed by atoms with Crippen molar-refractivity contribution in [1.29, 1.82) is 0 Å². The molecule has 1 aromatic heterocycles. The van der Waals surface area contributed by atoms with Crippen LogP contribution in [0.5, 0.6) is 0 Å². The molecule has 1 saturated heterocycles. The van der Waals surface area contributed by atoms with Crippen molar-refractivity contribution in [1.82, 2.24) is 14.9 Å². The van der Waals surface area contributed by atoms with E-state index < -0.39 is 0 Å². The van der Waals surface area contributed by atoms with Crippen LogP contribution in [0.25, 0.3) is 10.9 Å². The molecule has 0 unspecified atom stereocenters. The van der Waals surface area contributed by atoms with Crippen LogP contribution in [0.4, 0.5) is 0 Å². The van der Waals surface area contributed by atoms with Crippen LogP contribution in [-0.4, -0.2) is 40.3 Å². The Kier molecular flexibility index (Phi) is 6.74. The van der Waals surface area contributed by atoms with Crippen molar-refractivity contribution in [2.75, 3.05) is 25.4 Å². The molecule has 0 spiro atoms. The lowest BCUT2D eigenvalue weighted by atomic mass is 10.1. The average Bonchev–Trinajstić information content (AvgIpc) is 2.53. The van der Waals surface area contributed by atoms with E-state index in [1.165, 1.54) is 50.7 Å². The van der Waals surface area contributed by atoms with Crippen molar-refractivity contribution in [2.45, 2.75) is 30.7 Å². The first kappa shape index (κ1) is 16.5. The number of halogens is 1. The Labute approximate surface area is 137 Å². The molecule has 1 aliphatic rings. The van der Waals surface area contributed by atoms with E-state index in [1.54, 1.807) is 6.33 Å². The summed E-state index contributed by atoms with van der Waals surface area (Å²) in [5, 5.41) is 2.30. The highest BCUT2D eigenvalue weighted by Gasteiger charge is 2.09. The molecule has 3 rings (SSSR count). The lowest BCUT2D eigenvalue weighted by Gasteiger charge is -2.26. The Morgan fingerprint density at radius 1 is 1.05 bits per heavy atom. The van der Waals surface area contributed by atoms with E-state index in [9.17, 15) is 0 Å². The number of hydrogen-bond donors (Lipinski definition) is 0. The molecule has 0 aliphatic carbocycles. The first-order chi connectivity index (χ1) is 9.93. The number of rotatable bonds is 5. The van der Waals surface area contributed by atoms with Gasteiger partial charge in [0, 0.05) is 11.1 Å². The third-order valence-electron chi connectivity index (χ3n) is 3.81. The van der Waals surface area contributed by atoms with Gasteiger partial charge in [0.25, 0.3) is 0 Å². The molecule has 114 valence electrons. The lowest BCUT2D eigenvalue weighted by molar-refractivity contribution is 0.230. The maximum absolute atomic E-state index is 4.43. The van der Waals surface area contributed by atoms with Gasteiger partial charge in [0.05, 0.1) is 5.52 Å². The zero-order chi connectivity index (χ0) is 13.6. The van der Waals surface area contributed by atoms with Gasteiger partial charge in [-0.3, -0.25) is 0 Å². The van der Waals surface area contributed by atoms with Crippen molar-refractivity contribution >= 4 is 35.1 Å². The molecule has 21 heavy (non-hydrogen) atoms. The van der Waals surface area contributed by atoms with E-state index >= 15 is 0 Å². The minimum Gasteiger partial charge on any atom is -0.303 e. The van der Waals surface area contributed by atoms with E-state index in [1.807, 2.05) is 17.8 Å². The number of benzene rings is 1. The molecule has 0 N–H and O–H groups in total. The van der Waals surface area contributed by atoms with Crippen molar-refractivity contribution in [3.8, 4) is 0 Å². The standard InChI is InChI=1S/C16H21N3S.ClH/c1-4-9-19(10-5-1)11-6-12-20-16-14-7-2-3-8-15(14)17-13-18-16;/h2-3,7-8,13H,1,4-6,9-12H2;1H. The molecule has 0 radical (unpaired) electrons. The van der Waals surface area contributed by atoms with Crippen molar-refractivity contribution in [2.24, 2.45) is 0 Å². The second kappa shape index (κ2) is 8.57. The molecule has 2 aromatic rings. The van der Waals surface area contributed by atoms with Gasteiger partial charge < -0.3 is 4.90 Å². The number of hydrogen-bond acceptors (Lipinski definition) is 4. The molecule has 0 saturated carbocycles. The molecular weight excluding hydrogens is 302 g/mol. The highest BCUT2D eigenvalue weighted by molar-refractivity contribution is 7.99. The summed E-state index contributed by atoms with van der Waals surface area (Å²) in [5.41, 5.74) is 1.04. The Bertz CT molecular complexity index is 553. The van der Waals surface area contributed by atoms with Gasteiger partial charge in [-0.25, -0.2) is 9.97 Å². The minimum atomic E-state index is 0. The molecule has 3 nitrogen and oxygen atoms in total. The number of fused-ring (bicyclic) bond motifs is 1. The Hall–Kier alpha value is -0.840. The van der Waals surface area contributed by atoms with Gasteiger partial charge in [0.1, 0.15) is 11.4 Å². The van der Waals surface area contributed by atoms with E-state index in [0.29, 0.717) is 0 Å². The maximum atomic E-state index is 4.43. The molecule has 2 heterocycles. The second-order valence-corrected chi connectivity index (χ2v) is 6.38. The molecule has 1 aromatic carbocycles. The first-order valence-electron chi connectivity index (χ1n) is 7.48. The topological polar surface area (TPSA) is 29.0 Å². The largest absolute Gasteiger partial charge is 0.303 e. The van der Waals surface area contributed by atoms with Crippen LogP contribution in [0.2, 0.25) is 0 Å². The number of likely N-dealkylation sites (tertiary alicyclic amines) is 1. The number of piperidine rings is 1. The minimum absolute atomic E-state index is 0. The third-order valence-corrected chi connectivity index (χ3v) is 4.90. The number of para-hydroxylation sites is 1. The van der Waals surface area contributed by atoms with Gasteiger partial charge in [0.2, 0.25) is 0 Å². The fourth-order valence-electron chi connectivity index (χ4n) is 2.74. The quantitative estimate of drug-likeness (QED) is 0.472. The lowest BCUT2D eigenvalue weighted by Crippen LogP contribution is -2.30. The highest BCUT2D eigenvalue weighted by Crippen LogP contribution is 2.24. The van der Waals surface area contributed by atoms with Gasteiger partial charge in [0.15, 0.2) is 0 Å². The summed E-state index contributed by atoms with van der Waals surface area (Å²) >= 11 is 1.86. The zero-order valence-electron chi connectivity index (χ0n) is 12.2. The molecule has 0 atom stereocenters. The van der Waals surface area contributed by atoms with Gasteiger partial charge in [-0.1, -0.05) is 24.6 Å². The predicted octanol–water partition coefficient (Wildman–Crippen LogP) is 4.02. The SMILES string of the molecule is Cl.c1ccc2c(SCCCN3CCCCC3)ncnc2c1. The summed E-state index contributed by atoms with van der Waals surface area (Å²) in [4.78, 5) is 11.3. The zero-order valence-corrected chi connectivity index (χ0v) is 13.8. The third kappa shape index (κ3) is 4.56. The van der Waals surface area contributed by atoms with Crippen LogP contribution in [0, 0.1) is 0 Å². The van der Waals surface area contributed by atoms with E-state index in [0.717, 1.165) is 16.3 Å². The van der Waals surface area contributed by atoms with Gasteiger partial charge >= 0.3 is 0 Å². The predicted molar refractivity (Wildman–Crippen MR) is 92.4 cm³/mol. The van der Waals surface area contributed by atoms with E-state index in [4.69, 9.17) is 0 Å². The summed E-state index contributed by atoms with van der Waals surface area (Å²) in [6.45, 7) is 3.82. The number of nitrogens with zero attached hydrogens (tertiary/aromatic N) is 3. The van der Waals surface area contributed by atoms with Crippen molar-refractivity contribution < 1.29 is 0 Å². The van der Waals surface area contributed by atoms with E-state index in [-0.39, 0.29) is 12.4 Å². The molecule has 0 amide bonds. The molecule has 5 heteroatoms. The maximum Gasteiger partial charge on any atom is 0.117 e. The summed E-state index contributed by atoms with van der Waals surface area (Å²) in [7, 11) is 0. The van der Waals surface area contributed by atoms with Crippen LogP contribution >= 0.6 is 24.2 Å². The summed E-state index contributed by atoms with van der Waals surface area (Å²) in [6.07, 6.45) is 7.09. The van der Waals surface area contributed by atoms with Gasteiger partial charge in [-0.05, 0) is 45.0 Å².